The van der Waals surface area contributed by atoms with Gasteiger partial charge in [-0.15, -0.1) is 0 Å². The van der Waals surface area contributed by atoms with Crippen molar-refractivity contribution in [1.82, 2.24) is 0 Å². The predicted molar refractivity (Wildman–Crippen MR) is 41.6 cm³/mol. The number of rotatable bonds is 5. The van der Waals surface area contributed by atoms with E-state index in [2.05, 4.69) is 4.52 Å². The molecule has 0 rings (SSSR count). The van der Waals surface area contributed by atoms with Crippen molar-refractivity contribution in [2.24, 2.45) is 5.41 Å². The second-order valence-corrected chi connectivity index (χ2v) is 6.82. The van der Waals surface area contributed by atoms with Gasteiger partial charge >= 0.3 is 78.2 Å². The van der Waals surface area contributed by atoms with Crippen molar-refractivity contribution in [2.75, 3.05) is 19.8 Å². The third-order valence-corrected chi connectivity index (χ3v) is 2.44. The van der Waals surface area contributed by atoms with Crippen LogP contribution in [0.3, 0.4) is 0 Å². The summed E-state index contributed by atoms with van der Waals surface area (Å²) >= 11 is 1.85. The third-order valence-electron chi connectivity index (χ3n) is 1.33. The normalized spacial score (nSPS) is 17.4. The van der Waals surface area contributed by atoms with Crippen LogP contribution in [0.1, 0.15) is 6.92 Å². The maximum atomic E-state index is 10.5. The van der Waals surface area contributed by atoms with E-state index in [0.29, 0.717) is 0 Å². The molecule has 0 aliphatic heterocycles. The summed E-state index contributed by atoms with van der Waals surface area (Å²) in [5.74, 6) is 0. The van der Waals surface area contributed by atoms with Crippen LogP contribution in [0.5, 0.6) is 0 Å². The van der Waals surface area contributed by atoms with Crippen molar-refractivity contribution < 1.29 is 24.2 Å². The molecule has 0 heterocycles. The Bertz CT molecular complexity index is 175. The van der Waals surface area contributed by atoms with Crippen LogP contribution in [0.15, 0.2) is 0 Å². The third kappa shape index (κ3) is 5.27. The Labute approximate surface area is 78.7 Å². The standard InChI is InChI=1S/C5H13O5PSe/c1-5(2-6,3-7)4-10-11(8,9)12/h6-7H,2-4H2,1H3,(H2,8,9,12)/p-2. The molecule has 0 saturated heterocycles. The quantitative estimate of drug-likeness (QED) is 0.471. The van der Waals surface area contributed by atoms with E-state index in [-0.39, 0.29) is 19.8 Å². The molecule has 0 aromatic carbocycles. The molecule has 0 radical (unpaired) electrons. The molecular formula is C5H11O5PSe-2. The first kappa shape index (κ1) is 12.6. The monoisotopic (exact) mass is 262 g/mol. The Morgan fingerprint density at radius 3 is 2.25 bits per heavy atom. The molecular weight excluding hydrogens is 250 g/mol. The number of hydrogen-bond acceptors (Lipinski definition) is 5. The molecule has 2 N–H and O–H groups in total. The average molecular weight is 261 g/mol. The fraction of sp³-hybridized carbons (Fsp3) is 1.00. The van der Waals surface area contributed by atoms with Gasteiger partial charge in [-0.1, -0.05) is 0 Å². The molecule has 0 aliphatic rings. The zero-order chi connectivity index (χ0) is 9.83. The zero-order valence-electron chi connectivity index (χ0n) is 6.60. The Morgan fingerprint density at radius 2 is 2.00 bits per heavy atom. The molecule has 7 heteroatoms. The zero-order valence-corrected chi connectivity index (χ0v) is 9.20. The van der Waals surface area contributed by atoms with Crippen molar-refractivity contribution in [3.63, 3.8) is 0 Å². The first-order valence-corrected chi connectivity index (χ1v) is 6.97. The molecule has 0 saturated carbocycles. The second-order valence-electron chi connectivity index (χ2n) is 2.85. The molecule has 0 fully saturated rings. The SMILES string of the molecule is CC(CO)(CO)COP(=O)([O-])[Se-]. The van der Waals surface area contributed by atoms with Gasteiger partial charge < -0.3 is 0 Å². The Morgan fingerprint density at radius 1 is 1.58 bits per heavy atom. The first-order valence-electron chi connectivity index (χ1n) is 3.21. The summed E-state index contributed by atoms with van der Waals surface area (Å²) in [5.41, 5.74) is -0.913. The molecule has 74 valence electrons. The predicted octanol–water partition coefficient (Wildman–Crippen LogP) is -1.37. The van der Waals surface area contributed by atoms with Crippen molar-refractivity contribution in [3.05, 3.63) is 0 Å². The average Bonchev–Trinajstić information content (AvgIpc) is 1.99. The summed E-state index contributed by atoms with van der Waals surface area (Å²) in [6, 6.07) is 0. The van der Waals surface area contributed by atoms with Gasteiger partial charge in [0.05, 0.1) is 0 Å². The molecule has 0 bridgehead atoms. The minimum atomic E-state index is -3.89. The molecule has 0 spiro atoms. The molecule has 0 aliphatic carbocycles. The van der Waals surface area contributed by atoms with Gasteiger partial charge in [-0.3, -0.25) is 0 Å². The second kappa shape index (κ2) is 4.72. The molecule has 1 unspecified atom stereocenters. The van der Waals surface area contributed by atoms with E-state index in [1.54, 1.807) is 0 Å². The van der Waals surface area contributed by atoms with E-state index in [4.69, 9.17) is 10.2 Å². The van der Waals surface area contributed by atoms with Crippen LogP contribution in [0, 0.1) is 5.41 Å². The van der Waals surface area contributed by atoms with Crippen LogP contribution in [-0.4, -0.2) is 45.6 Å². The molecule has 1 atom stereocenters. The topological polar surface area (TPSA) is 89.8 Å². The van der Waals surface area contributed by atoms with Gasteiger partial charge in [-0.2, -0.15) is 0 Å². The number of aliphatic hydroxyl groups is 2. The van der Waals surface area contributed by atoms with Crippen molar-refractivity contribution >= 4 is 21.9 Å². The Kier molecular flexibility index (Phi) is 4.95. The molecule has 5 nitrogen and oxygen atoms in total. The molecule has 12 heavy (non-hydrogen) atoms. The van der Waals surface area contributed by atoms with E-state index < -0.39 is 11.7 Å². The Hall–Kier alpha value is 0.589. The number of hydrogen-bond donors (Lipinski definition) is 2. The molecule has 0 aromatic heterocycles. The van der Waals surface area contributed by atoms with Gasteiger partial charge in [0.25, 0.3) is 0 Å². The van der Waals surface area contributed by atoms with E-state index in [1.807, 2.05) is 15.6 Å². The van der Waals surface area contributed by atoms with Crippen LogP contribution in [0.25, 0.3) is 0 Å². The van der Waals surface area contributed by atoms with Crippen molar-refractivity contribution in [1.29, 1.82) is 0 Å². The van der Waals surface area contributed by atoms with Crippen LogP contribution in [0.4, 0.5) is 0 Å². The Balaban J connectivity index is 3.98. The van der Waals surface area contributed by atoms with E-state index in [9.17, 15) is 9.46 Å². The van der Waals surface area contributed by atoms with E-state index in [0.717, 1.165) is 0 Å². The van der Waals surface area contributed by atoms with Crippen LogP contribution in [0.2, 0.25) is 0 Å². The summed E-state index contributed by atoms with van der Waals surface area (Å²) in [5, 5.41) is 17.5. The molecule has 0 aromatic rings. The minimum absolute atomic E-state index is 0.228. The number of aliphatic hydroxyl groups excluding tert-OH is 2. The summed E-state index contributed by atoms with van der Waals surface area (Å²) in [6.45, 7) is 0.628. The van der Waals surface area contributed by atoms with Crippen molar-refractivity contribution in [2.45, 2.75) is 6.92 Å². The fourth-order valence-corrected chi connectivity index (χ4v) is 1.18. The van der Waals surface area contributed by atoms with Gasteiger partial charge in [0, 0.05) is 0 Å². The van der Waals surface area contributed by atoms with Crippen LogP contribution in [-0.2, 0) is 9.09 Å². The van der Waals surface area contributed by atoms with Crippen LogP contribution < -0.4 is 4.89 Å². The maximum absolute atomic E-state index is 10.5. The van der Waals surface area contributed by atoms with Gasteiger partial charge in [0.2, 0.25) is 0 Å². The van der Waals surface area contributed by atoms with Gasteiger partial charge in [-0.05, 0) is 0 Å². The first-order chi connectivity index (χ1) is 5.33. The summed E-state index contributed by atoms with van der Waals surface area (Å²) in [4.78, 5) is 10.5. The summed E-state index contributed by atoms with van der Waals surface area (Å²) < 4.78 is 14.9. The van der Waals surface area contributed by atoms with Gasteiger partial charge in [0.15, 0.2) is 0 Å². The summed E-state index contributed by atoms with van der Waals surface area (Å²) in [7, 11) is 0. The van der Waals surface area contributed by atoms with Gasteiger partial charge in [0.1, 0.15) is 0 Å². The summed E-state index contributed by atoms with van der Waals surface area (Å²) in [6.07, 6.45) is -3.89. The fourth-order valence-electron chi connectivity index (χ4n) is 0.376. The van der Waals surface area contributed by atoms with Crippen LogP contribution >= 0.6 is 6.29 Å². The van der Waals surface area contributed by atoms with Gasteiger partial charge in [-0.25, -0.2) is 0 Å². The van der Waals surface area contributed by atoms with Crippen molar-refractivity contribution in [3.8, 4) is 0 Å². The molecule has 0 amide bonds. The van der Waals surface area contributed by atoms with E-state index >= 15 is 0 Å². The van der Waals surface area contributed by atoms with E-state index in [1.165, 1.54) is 6.92 Å².